The summed E-state index contributed by atoms with van der Waals surface area (Å²) in [6, 6.07) is 8.71. The maximum absolute atomic E-state index is 12.8. The summed E-state index contributed by atoms with van der Waals surface area (Å²) in [5.74, 6) is 0.890. The molecule has 1 aliphatic carbocycles. The van der Waals surface area contributed by atoms with Crippen molar-refractivity contribution in [3.05, 3.63) is 53.3 Å². The van der Waals surface area contributed by atoms with Gasteiger partial charge in [-0.3, -0.25) is 9.59 Å². The fourth-order valence-corrected chi connectivity index (χ4v) is 5.71. The van der Waals surface area contributed by atoms with E-state index in [9.17, 15) is 9.59 Å². The van der Waals surface area contributed by atoms with Gasteiger partial charge in [0.25, 0.3) is 5.91 Å². The minimum absolute atomic E-state index is 0.0908. The fraction of sp³-hybridized carbons (Fsp3) is 0.657. The molecule has 1 aromatic heterocycles. The maximum atomic E-state index is 12.8. The number of carbonyl (C=O) groups is 2. The zero-order chi connectivity index (χ0) is 32.9. The molecule has 0 spiro atoms. The monoisotopic (exact) mass is 638 g/mol. The summed E-state index contributed by atoms with van der Waals surface area (Å²) < 4.78 is 11.3. The van der Waals surface area contributed by atoms with Crippen LogP contribution in [0.2, 0.25) is 0 Å². The molecule has 1 saturated carbocycles. The number of amides is 1. The Bertz CT molecular complexity index is 1190. The van der Waals surface area contributed by atoms with E-state index in [0.717, 1.165) is 70.1 Å². The summed E-state index contributed by atoms with van der Waals surface area (Å²) in [6.45, 7) is 13.8. The molecule has 1 aliphatic heterocycles. The van der Waals surface area contributed by atoms with Gasteiger partial charge in [-0.05, 0) is 74.8 Å². The molecule has 254 valence electrons. The van der Waals surface area contributed by atoms with E-state index < -0.39 is 12.2 Å². The molecule has 2 fully saturated rings. The zero-order valence-corrected chi connectivity index (χ0v) is 28.3. The molecule has 1 unspecified atom stereocenters. The second-order valence-corrected chi connectivity index (χ2v) is 13.5. The summed E-state index contributed by atoms with van der Waals surface area (Å²) in [5, 5.41) is 7.14. The molecule has 0 bridgehead atoms. The highest BCUT2D eigenvalue weighted by atomic mass is 16.8. The lowest BCUT2D eigenvalue weighted by Gasteiger charge is -2.32. The van der Waals surface area contributed by atoms with Crippen molar-refractivity contribution < 1.29 is 23.9 Å². The molecule has 2 atom stereocenters. The van der Waals surface area contributed by atoms with Crippen LogP contribution in [0.25, 0.3) is 0 Å². The SMILES string of the molecule is CC(C)COC(C)ONC(=O)c1cnc(N2CCC(NCc3ccc(CN[C@@H](CC(C)C)C(=O)OC4CCCC4)cc3)CC2)nc1. The minimum atomic E-state index is -0.546. The number of aromatic nitrogens is 2. The Morgan fingerprint density at radius 2 is 1.52 bits per heavy atom. The highest BCUT2D eigenvalue weighted by molar-refractivity contribution is 5.92. The van der Waals surface area contributed by atoms with Crippen molar-refractivity contribution in [2.75, 3.05) is 24.6 Å². The average Bonchev–Trinajstić information content (AvgIpc) is 3.57. The van der Waals surface area contributed by atoms with E-state index in [2.05, 4.69) is 69.1 Å². The number of hydrogen-bond acceptors (Lipinski definition) is 10. The lowest BCUT2D eigenvalue weighted by atomic mass is 10.0. The molecule has 11 heteroatoms. The van der Waals surface area contributed by atoms with Gasteiger partial charge in [-0.15, -0.1) is 0 Å². The smallest absolute Gasteiger partial charge is 0.323 e. The van der Waals surface area contributed by atoms with Crippen LogP contribution in [0.5, 0.6) is 0 Å². The third-order valence-corrected chi connectivity index (χ3v) is 8.41. The molecule has 1 aromatic carbocycles. The standard InChI is InChI=1S/C35H54N6O5/c1-24(2)18-32(34(43)45-31-8-6-7-9-31)37-20-28-12-10-27(11-13-28)19-36-30-14-16-41(17-15-30)35-38-21-29(22-39-35)33(42)40-46-26(5)44-23-25(3)4/h10-13,21-22,24-26,30-32,36-37H,6-9,14-20,23H2,1-5H3,(H,40,42)/t26?,32-/m0/s1. The quantitative estimate of drug-likeness (QED) is 0.125. The van der Waals surface area contributed by atoms with E-state index in [4.69, 9.17) is 14.3 Å². The van der Waals surface area contributed by atoms with Gasteiger partial charge in [-0.2, -0.15) is 0 Å². The van der Waals surface area contributed by atoms with E-state index in [1.54, 1.807) is 6.92 Å². The number of esters is 1. The van der Waals surface area contributed by atoms with Gasteiger partial charge in [0.1, 0.15) is 12.1 Å². The first-order valence-corrected chi connectivity index (χ1v) is 17.1. The summed E-state index contributed by atoms with van der Waals surface area (Å²) in [5.41, 5.74) is 5.12. The zero-order valence-electron chi connectivity index (χ0n) is 28.3. The maximum Gasteiger partial charge on any atom is 0.323 e. The number of benzene rings is 1. The van der Waals surface area contributed by atoms with Gasteiger partial charge >= 0.3 is 5.97 Å². The van der Waals surface area contributed by atoms with Crippen LogP contribution in [0.1, 0.15) is 101 Å². The number of carbonyl (C=O) groups excluding carboxylic acids is 2. The Balaban J connectivity index is 1.15. The Morgan fingerprint density at radius 1 is 0.891 bits per heavy atom. The number of hydrogen-bond donors (Lipinski definition) is 3. The van der Waals surface area contributed by atoms with E-state index in [-0.39, 0.29) is 18.1 Å². The second kappa shape index (κ2) is 18.3. The first-order valence-electron chi connectivity index (χ1n) is 17.1. The first-order chi connectivity index (χ1) is 22.2. The lowest BCUT2D eigenvalue weighted by molar-refractivity contribution is -0.163. The van der Waals surface area contributed by atoms with Crippen LogP contribution in [0.4, 0.5) is 5.95 Å². The minimum Gasteiger partial charge on any atom is -0.461 e. The van der Waals surface area contributed by atoms with Gasteiger partial charge in [0.2, 0.25) is 5.95 Å². The van der Waals surface area contributed by atoms with Crippen molar-refractivity contribution in [3.8, 4) is 0 Å². The molecule has 0 radical (unpaired) electrons. The molecular formula is C35H54N6O5. The van der Waals surface area contributed by atoms with Crippen LogP contribution in [-0.4, -0.2) is 66.0 Å². The van der Waals surface area contributed by atoms with Crippen molar-refractivity contribution in [1.29, 1.82) is 0 Å². The molecule has 2 aromatic rings. The van der Waals surface area contributed by atoms with Gasteiger partial charge in [-0.25, -0.2) is 20.3 Å². The summed E-state index contributed by atoms with van der Waals surface area (Å²) in [7, 11) is 0. The Kier molecular flexibility index (Phi) is 14.2. The van der Waals surface area contributed by atoms with Gasteiger partial charge in [-0.1, -0.05) is 52.0 Å². The summed E-state index contributed by atoms with van der Waals surface area (Å²) >= 11 is 0. The van der Waals surface area contributed by atoms with E-state index >= 15 is 0 Å². The summed E-state index contributed by atoms with van der Waals surface area (Å²) in [6.07, 6.45) is 9.60. The number of piperidine rings is 1. The van der Waals surface area contributed by atoms with Crippen molar-refractivity contribution in [3.63, 3.8) is 0 Å². The molecule has 46 heavy (non-hydrogen) atoms. The van der Waals surface area contributed by atoms with Crippen LogP contribution in [-0.2, 0) is 32.2 Å². The number of nitrogens with one attached hydrogen (secondary N) is 3. The second-order valence-electron chi connectivity index (χ2n) is 13.5. The summed E-state index contributed by atoms with van der Waals surface area (Å²) in [4.78, 5) is 41.5. The predicted molar refractivity (Wildman–Crippen MR) is 178 cm³/mol. The largest absolute Gasteiger partial charge is 0.461 e. The molecule has 1 saturated heterocycles. The molecule has 3 N–H and O–H groups in total. The predicted octanol–water partition coefficient (Wildman–Crippen LogP) is 4.91. The highest BCUT2D eigenvalue weighted by Crippen LogP contribution is 2.22. The molecule has 4 rings (SSSR count). The van der Waals surface area contributed by atoms with E-state index in [0.29, 0.717) is 42.5 Å². The van der Waals surface area contributed by atoms with Crippen molar-refractivity contribution >= 4 is 17.8 Å². The topological polar surface area (TPSA) is 127 Å². The van der Waals surface area contributed by atoms with Gasteiger partial charge in [0.15, 0.2) is 6.29 Å². The Hall–Kier alpha value is -3.12. The third-order valence-electron chi connectivity index (χ3n) is 8.41. The van der Waals surface area contributed by atoms with Crippen molar-refractivity contribution in [2.45, 2.75) is 117 Å². The molecule has 1 amide bonds. The van der Waals surface area contributed by atoms with Crippen molar-refractivity contribution in [1.82, 2.24) is 26.1 Å². The normalized spacial score (nSPS) is 17.4. The highest BCUT2D eigenvalue weighted by Gasteiger charge is 2.26. The van der Waals surface area contributed by atoms with Gasteiger partial charge in [0.05, 0.1) is 12.2 Å². The van der Waals surface area contributed by atoms with E-state index in [1.165, 1.54) is 18.0 Å². The number of rotatable bonds is 17. The van der Waals surface area contributed by atoms with Crippen molar-refractivity contribution in [2.24, 2.45) is 11.8 Å². The number of nitrogens with zero attached hydrogens (tertiary/aromatic N) is 3. The van der Waals surface area contributed by atoms with Gasteiger partial charge in [0, 0.05) is 44.6 Å². The first kappa shape index (κ1) is 35.7. The van der Waals surface area contributed by atoms with Crippen LogP contribution in [0, 0.1) is 11.8 Å². The Morgan fingerprint density at radius 3 is 2.13 bits per heavy atom. The molecule has 2 aliphatic rings. The lowest BCUT2D eigenvalue weighted by Crippen LogP contribution is -2.43. The fourth-order valence-electron chi connectivity index (χ4n) is 5.71. The van der Waals surface area contributed by atoms with Crippen LogP contribution < -0.4 is 21.0 Å². The van der Waals surface area contributed by atoms with Gasteiger partial charge < -0.3 is 25.0 Å². The molecule has 2 heterocycles. The number of anilines is 1. The molecule has 11 nitrogen and oxygen atoms in total. The number of hydroxylamine groups is 1. The van der Waals surface area contributed by atoms with Crippen LogP contribution in [0.3, 0.4) is 0 Å². The Labute approximate surface area is 274 Å². The molecular weight excluding hydrogens is 584 g/mol. The number of ether oxygens (including phenoxy) is 2. The third kappa shape index (κ3) is 11.9. The van der Waals surface area contributed by atoms with E-state index in [1.807, 2.05) is 13.8 Å². The van der Waals surface area contributed by atoms with Crippen LogP contribution in [0.15, 0.2) is 36.7 Å². The average molecular weight is 639 g/mol. The van der Waals surface area contributed by atoms with Crippen LogP contribution >= 0.6 is 0 Å².